The molecule has 0 saturated heterocycles. The van der Waals surface area contributed by atoms with Gasteiger partial charge < -0.3 is 15.2 Å². The first-order valence-electron chi connectivity index (χ1n) is 5.49. The number of carbonyl (C=O) groups is 2. The van der Waals surface area contributed by atoms with Crippen molar-refractivity contribution < 1.29 is 19.4 Å². The topological polar surface area (TPSA) is 93.4 Å². The highest BCUT2D eigenvalue weighted by atomic mass is 16.5. The quantitative estimate of drug-likeness (QED) is 0.746. The van der Waals surface area contributed by atoms with Crippen molar-refractivity contribution in [2.45, 2.75) is 19.9 Å². The van der Waals surface area contributed by atoms with Crippen LogP contribution in [0.15, 0.2) is 6.20 Å². The molecular weight excluding hydrogens is 238 g/mol. The summed E-state index contributed by atoms with van der Waals surface area (Å²) in [4.78, 5) is 21.7. The van der Waals surface area contributed by atoms with Crippen LogP contribution in [0.5, 0.6) is 0 Å². The van der Waals surface area contributed by atoms with Crippen LogP contribution in [-0.2, 0) is 21.4 Å². The van der Waals surface area contributed by atoms with Crippen molar-refractivity contribution >= 4 is 11.9 Å². The van der Waals surface area contributed by atoms with E-state index >= 15 is 0 Å². The van der Waals surface area contributed by atoms with E-state index in [0.717, 1.165) is 11.3 Å². The Balaban J connectivity index is 2.45. The van der Waals surface area contributed by atoms with Crippen LogP contribution in [0.3, 0.4) is 0 Å². The summed E-state index contributed by atoms with van der Waals surface area (Å²) in [6.45, 7) is 2.99. The number of aryl methyl sites for hydroxylation is 1. The molecule has 1 aromatic heterocycles. The molecule has 1 rings (SSSR count). The molecule has 1 heterocycles. The average molecular weight is 255 g/mol. The number of aliphatic carboxylic acids is 1. The molecule has 0 saturated carbocycles. The number of rotatable bonds is 6. The van der Waals surface area contributed by atoms with Crippen molar-refractivity contribution in [2.24, 2.45) is 7.05 Å². The smallest absolute Gasteiger partial charge is 0.329 e. The molecule has 0 fully saturated rings. The molecule has 0 bridgehead atoms. The molecule has 0 spiro atoms. The number of hydrogen-bond donors (Lipinski definition) is 2. The average Bonchev–Trinajstić information content (AvgIpc) is 2.59. The number of nitrogens with zero attached hydrogens (tertiary/aromatic N) is 2. The van der Waals surface area contributed by atoms with E-state index in [1.807, 2.05) is 20.9 Å². The summed E-state index contributed by atoms with van der Waals surface area (Å²) in [5.74, 6) is -1.45. The molecular formula is C11H17N3O4. The Kier molecular flexibility index (Phi) is 4.85. The fourth-order valence-corrected chi connectivity index (χ4v) is 1.53. The van der Waals surface area contributed by atoms with E-state index in [4.69, 9.17) is 9.84 Å². The van der Waals surface area contributed by atoms with E-state index in [1.165, 1.54) is 0 Å². The third-order valence-corrected chi connectivity index (χ3v) is 2.58. The Morgan fingerprint density at radius 3 is 2.72 bits per heavy atom. The number of hydrogen-bond acceptors (Lipinski definition) is 4. The Labute approximate surface area is 105 Å². The number of carboxylic acids is 1. The van der Waals surface area contributed by atoms with Gasteiger partial charge in [0.05, 0.1) is 12.2 Å². The first-order valence-corrected chi connectivity index (χ1v) is 5.49. The first kappa shape index (κ1) is 14.2. The molecule has 0 aliphatic carbocycles. The fraction of sp³-hybridized carbons (Fsp3) is 0.545. The zero-order valence-electron chi connectivity index (χ0n) is 10.6. The van der Waals surface area contributed by atoms with E-state index in [-0.39, 0.29) is 18.6 Å². The highest BCUT2D eigenvalue weighted by Gasteiger charge is 2.14. The highest BCUT2D eigenvalue weighted by molar-refractivity contribution is 5.78. The second-order valence-electron chi connectivity index (χ2n) is 3.98. The molecule has 7 nitrogen and oxygen atoms in total. The highest BCUT2D eigenvalue weighted by Crippen LogP contribution is 2.15. The zero-order chi connectivity index (χ0) is 13.7. The first-order chi connectivity index (χ1) is 8.41. The second-order valence-corrected chi connectivity index (χ2v) is 3.98. The Hall–Kier alpha value is -1.89. The summed E-state index contributed by atoms with van der Waals surface area (Å²) < 4.78 is 6.42. The van der Waals surface area contributed by atoms with Crippen LogP contribution in [-0.4, -0.2) is 40.0 Å². The van der Waals surface area contributed by atoms with Crippen LogP contribution in [0.1, 0.15) is 24.2 Å². The number of ether oxygens (including phenoxy) is 1. The van der Waals surface area contributed by atoms with Gasteiger partial charge >= 0.3 is 5.97 Å². The lowest BCUT2D eigenvalue weighted by Crippen LogP contribution is -2.31. The molecule has 18 heavy (non-hydrogen) atoms. The minimum Gasteiger partial charge on any atom is -0.480 e. The molecule has 1 atom stereocenters. The van der Waals surface area contributed by atoms with Crippen LogP contribution >= 0.6 is 0 Å². The monoisotopic (exact) mass is 255 g/mol. The Morgan fingerprint density at radius 1 is 1.56 bits per heavy atom. The zero-order valence-corrected chi connectivity index (χ0v) is 10.6. The van der Waals surface area contributed by atoms with Crippen molar-refractivity contribution in [2.75, 3.05) is 13.2 Å². The van der Waals surface area contributed by atoms with E-state index < -0.39 is 12.6 Å². The lowest BCUT2D eigenvalue weighted by Gasteiger charge is -2.13. The fourth-order valence-electron chi connectivity index (χ4n) is 1.53. The molecule has 0 aliphatic rings. The van der Waals surface area contributed by atoms with Gasteiger partial charge in [0.15, 0.2) is 0 Å². The molecule has 1 amide bonds. The molecule has 100 valence electrons. The van der Waals surface area contributed by atoms with Gasteiger partial charge in [-0.15, -0.1) is 0 Å². The number of carbonyl (C=O) groups excluding carboxylic acids is 1. The maximum atomic E-state index is 11.5. The van der Waals surface area contributed by atoms with Gasteiger partial charge in [-0.3, -0.25) is 9.48 Å². The second kappa shape index (κ2) is 6.15. The summed E-state index contributed by atoms with van der Waals surface area (Å²) >= 11 is 0. The van der Waals surface area contributed by atoms with Crippen LogP contribution < -0.4 is 5.32 Å². The molecule has 1 unspecified atom stereocenters. The van der Waals surface area contributed by atoms with Crippen LogP contribution in [0.2, 0.25) is 0 Å². The largest absolute Gasteiger partial charge is 0.480 e. The van der Waals surface area contributed by atoms with Gasteiger partial charge in [0, 0.05) is 18.3 Å². The minimum atomic E-state index is -1.10. The third-order valence-electron chi connectivity index (χ3n) is 2.58. The predicted octanol–water partition coefficient (Wildman–Crippen LogP) is 0.00692. The minimum absolute atomic E-state index is 0.195. The SMILES string of the molecule is Cc1c(C(C)NC(=O)COCC(=O)O)cnn1C. The standard InChI is InChI=1S/C11H17N3O4/c1-7(9-4-12-14(3)8(9)2)13-10(15)5-18-6-11(16)17/h4,7H,5-6H2,1-3H3,(H,13,15)(H,16,17). The third kappa shape index (κ3) is 3.85. The van der Waals surface area contributed by atoms with Crippen molar-refractivity contribution in [3.63, 3.8) is 0 Å². The normalized spacial score (nSPS) is 12.2. The van der Waals surface area contributed by atoms with Crippen LogP contribution in [0.4, 0.5) is 0 Å². The van der Waals surface area contributed by atoms with E-state index in [1.54, 1.807) is 10.9 Å². The Morgan fingerprint density at radius 2 is 2.22 bits per heavy atom. The molecule has 0 aromatic carbocycles. The van der Waals surface area contributed by atoms with E-state index in [9.17, 15) is 9.59 Å². The van der Waals surface area contributed by atoms with Gasteiger partial charge in [0.1, 0.15) is 13.2 Å². The van der Waals surface area contributed by atoms with Gasteiger partial charge in [-0.05, 0) is 13.8 Å². The number of carboxylic acid groups (broad SMARTS) is 1. The summed E-state index contributed by atoms with van der Waals surface area (Å²) in [7, 11) is 1.82. The maximum absolute atomic E-state index is 11.5. The summed E-state index contributed by atoms with van der Waals surface area (Å²) in [5.41, 5.74) is 1.89. The van der Waals surface area contributed by atoms with Gasteiger partial charge in [-0.2, -0.15) is 5.10 Å². The number of aromatic nitrogens is 2. The predicted molar refractivity (Wildman–Crippen MR) is 63.0 cm³/mol. The van der Waals surface area contributed by atoms with Crippen molar-refractivity contribution in [3.8, 4) is 0 Å². The number of amides is 1. The van der Waals surface area contributed by atoms with Gasteiger partial charge in [0.2, 0.25) is 5.91 Å². The van der Waals surface area contributed by atoms with Crippen LogP contribution in [0, 0.1) is 6.92 Å². The lowest BCUT2D eigenvalue weighted by atomic mass is 10.1. The molecule has 2 N–H and O–H groups in total. The summed E-state index contributed by atoms with van der Waals surface area (Å²) in [6, 6.07) is -0.195. The van der Waals surface area contributed by atoms with Crippen molar-refractivity contribution in [3.05, 3.63) is 17.5 Å². The Bertz CT molecular complexity index is 441. The number of nitrogens with one attached hydrogen (secondary N) is 1. The van der Waals surface area contributed by atoms with Crippen LogP contribution in [0.25, 0.3) is 0 Å². The van der Waals surface area contributed by atoms with Crippen molar-refractivity contribution in [1.82, 2.24) is 15.1 Å². The van der Waals surface area contributed by atoms with E-state index in [0.29, 0.717) is 0 Å². The van der Waals surface area contributed by atoms with Gasteiger partial charge in [-0.25, -0.2) is 4.79 Å². The molecule has 0 aliphatic heterocycles. The molecule has 1 aromatic rings. The molecule has 0 radical (unpaired) electrons. The maximum Gasteiger partial charge on any atom is 0.329 e. The molecule has 7 heteroatoms. The van der Waals surface area contributed by atoms with Gasteiger partial charge in [-0.1, -0.05) is 0 Å². The summed E-state index contributed by atoms with van der Waals surface area (Å²) in [6.07, 6.45) is 1.69. The van der Waals surface area contributed by atoms with Gasteiger partial charge in [0.25, 0.3) is 0 Å². The lowest BCUT2D eigenvalue weighted by molar-refractivity contribution is -0.143. The van der Waals surface area contributed by atoms with E-state index in [2.05, 4.69) is 10.4 Å². The summed E-state index contributed by atoms with van der Waals surface area (Å²) in [5, 5.41) is 15.2. The van der Waals surface area contributed by atoms with Crippen molar-refractivity contribution in [1.29, 1.82) is 0 Å².